The molecule has 0 saturated carbocycles. The van der Waals surface area contributed by atoms with Gasteiger partial charge in [0.2, 0.25) is 0 Å². The number of benzene rings is 1. The van der Waals surface area contributed by atoms with Gasteiger partial charge in [-0.1, -0.05) is 18.2 Å². The van der Waals surface area contributed by atoms with E-state index in [1.807, 2.05) is 23.5 Å². The Hall–Kier alpha value is -2.01. The van der Waals surface area contributed by atoms with Crippen molar-refractivity contribution in [2.75, 3.05) is 33.8 Å². The van der Waals surface area contributed by atoms with Gasteiger partial charge in [0.05, 0.1) is 7.11 Å². The SMILES string of the molecule is CCNC(=NCCc1cccc(OC)c1)N(C)CCc1cccs1. The molecule has 4 nitrogen and oxygen atoms in total. The van der Waals surface area contributed by atoms with Gasteiger partial charge < -0.3 is 15.0 Å². The number of ether oxygens (including phenoxy) is 1. The molecule has 0 bridgehead atoms. The Bertz CT molecular complexity index is 625. The number of thiophene rings is 1. The molecule has 2 rings (SSSR count). The zero-order valence-corrected chi connectivity index (χ0v) is 15.6. The predicted molar refractivity (Wildman–Crippen MR) is 103 cm³/mol. The number of methoxy groups -OCH3 is 1. The van der Waals surface area contributed by atoms with E-state index < -0.39 is 0 Å². The molecule has 0 spiro atoms. The third kappa shape index (κ3) is 5.89. The van der Waals surface area contributed by atoms with E-state index in [1.165, 1.54) is 10.4 Å². The Morgan fingerprint density at radius 3 is 2.83 bits per heavy atom. The van der Waals surface area contributed by atoms with Crippen LogP contribution in [0.15, 0.2) is 46.8 Å². The van der Waals surface area contributed by atoms with Crippen LogP contribution in [-0.2, 0) is 12.8 Å². The van der Waals surface area contributed by atoms with Gasteiger partial charge >= 0.3 is 0 Å². The lowest BCUT2D eigenvalue weighted by Crippen LogP contribution is -2.40. The van der Waals surface area contributed by atoms with Crippen LogP contribution in [0.5, 0.6) is 5.75 Å². The molecular weight excluding hydrogens is 318 g/mol. The number of nitrogens with one attached hydrogen (secondary N) is 1. The second-order valence-corrected chi connectivity index (χ2v) is 6.62. The molecule has 1 N–H and O–H groups in total. The number of hydrogen-bond donors (Lipinski definition) is 1. The van der Waals surface area contributed by atoms with Gasteiger partial charge in [0.15, 0.2) is 5.96 Å². The minimum atomic E-state index is 0.763. The molecule has 1 heterocycles. The molecule has 0 aliphatic rings. The van der Waals surface area contributed by atoms with E-state index in [1.54, 1.807) is 7.11 Å². The Kier molecular flexibility index (Phi) is 7.62. The molecule has 0 amide bonds. The third-order valence-corrected chi connectivity index (χ3v) is 4.70. The van der Waals surface area contributed by atoms with Crippen LogP contribution in [0.2, 0.25) is 0 Å². The highest BCUT2D eigenvalue weighted by atomic mass is 32.1. The Balaban J connectivity index is 1.88. The summed E-state index contributed by atoms with van der Waals surface area (Å²) >= 11 is 1.81. The van der Waals surface area contributed by atoms with Crippen LogP contribution in [0, 0.1) is 0 Å². The van der Waals surface area contributed by atoms with Crippen LogP contribution in [0.1, 0.15) is 17.4 Å². The van der Waals surface area contributed by atoms with Gasteiger partial charge in [-0.05, 0) is 48.9 Å². The first-order valence-corrected chi connectivity index (χ1v) is 9.25. The lowest BCUT2D eigenvalue weighted by molar-refractivity contribution is 0.414. The van der Waals surface area contributed by atoms with Crippen molar-refractivity contribution in [1.29, 1.82) is 0 Å². The Morgan fingerprint density at radius 1 is 1.25 bits per heavy atom. The topological polar surface area (TPSA) is 36.9 Å². The van der Waals surface area contributed by atoms with Crippen molar-refractivity contribution in [3.63, 3.8) is 0 Å². The van der Waals surface area contributed by atoms with Crippen LogP contribution >= 0.6 is 11.3 Å². The van der Waals surface area contributed by atoms with Crippen LogP contribution in [0.4, 0.5) is 0 Å². The second kappa shape index (κ2) is 9.98. The molecule has 130 valence electrons. The maximum atomic E-state index is 5.27. The third-order valence-electron chi connectivity index (χ3n) is 3.77. The van der Waals surface area contributed by atoms with E-state index in [-0.39, 0.29) is 0 Å². The van der Waals surface area contributed by atoms with Crippen molar-refractivity contribution < 1.29 is 4.74 Å². The van der Waals surface area contributed by atoms with Gasteiger partial charge in [-0.25, -0.2) is 0 Å². The van der Waals surface area contributed by atoms with Crippen molar-refractivity contribution in [3.8, 4) is 5.75 Å². The van der Waals surface area contributed by atoms with E-state index >= 15 is 0 Å². The fourth-order valence-electron chi connectivity index (χ4n) is 2.43. The summed E-state index contributed by atoms with van der Waals surface area (Å²) in [7, 11) is 3.80. The molecule has 24 heavy (non-hydrogen) atoms. The zero-order chi connectivity index (χ0) is 17.2. The molecule has 0 fully saturated rings. The Morgan fingerprint density at radius 2 is 2.12 bits per heavy atom. The van der Waals surface area contributed by atoms with E-state index in [9.17, 15) is 0 Å². The molecular formula is C19H27N3OS. The molecule has 0 unspecified atom stereocenters. The molecule has 0 aliphatic carbocycles. The van der Waals surface area contributed by atoms with E-state index in [0.29, 0.717) is 0 Å². The normalized spacial score (nSPS) is 11.4. The lowest BCUT2D eigenvalue weighted by atomic mass is 10.1. The van der Waals surface area contributed by atoms with Crippen molar-refractivity contribution in [2.24, 2.45) is 4.99 Å². The van der Waals surface area contributed by atoms with Gasteiger partial charge in [0.1, 0.15) is 5.75 Å². The quantitative estimate of drug-likeness (QED) is 0.588. The van der Waals surface area contributed by atoms with Crippen LogP contribution in [0.3, 0.4) is 0 Å². The summed E-state index contributed by atoms with van der Waals surface area (Å²) < 4.78 is 5.27. The van der Waals surface area contributed by atoms with Crippen LogP contribution < -0.4 is 10.1 Å². The molecule has 1 aromatic heterocycles. The van der Waals surface area contributed by atoms with Gasteiger partial charge in [-0.2, -0.15) is 0 Å². The van der Waals surface area contributed by atoms with Crippen molar-refractivity contribution in [2.45, 2.75) is 19.8 Å². The number of aliphatic imine (C=N–C) groups is 1. The number of rotatable bonds is 8. The number of hydrogen-bond acceptors (Lipinski definition) is 3. The van der Waals surface area contributed by atoms with Gasteiger partial charge in [-0.3, -0.25) is 4.99 Å². The number of guanidine groups is 1. The first kappa shape index (κ1) is 18.3. The summed E-state index contributed by atoms with van der Waals surface area (Å²) in [5.74, 6) is 1.87. The van der Waals surface area contributed by atoms with E-state index in [4.69, 9.17) is 9.73 Å². The van der Waals surface area contributed by atoms with Crippen molar-refractivity contribution in [3.05, 3.63) is 52.2 Å². The minimum Gasteiger partial charge on any atom is -0.497 e. The fourth-order valence-corrected chi connectivity index (χ4v) is 3.13. The molecule has 0 saturated heterocycles. The van der Waals surface area contributed by atoms with Gasteiger partial charge in [-0.15, -0.1) is 11.3 Å². The molecule has 5 heteroatoms. The summed E-state index contributed by atoms with van der Waals surface area (Å²) in [6.07, 6.45) is 1.96. The summed E-state index contributed by atoms with van der Waals surface area (Å²) in [5.41, 5.74) is 1.25. The first-order chi connectivity index (χ1) is 11.7. The summed E-state index contributed by atoms with van der Waals surface area (Å²) in [6, 6.07) is 12.5. The summed E-state index contributed by atoms with van der Waals surface area (Å²) in [5, 5.41) is 5.50. The smallest absolute Gasteiger partial charge is 0.193 e. The highest BCUT2D eigenvalue weighted by Gasteiger charge is 2.06. The van der Waals surface area contributed by atoms with Gasteiger partial charge in [0.25, 0.3) is 0 Å². The number of likely N-dealkylation sites (N-methyl/N-ethyl adjacent to an activating group) is 1. The molecule has 0 atom stereocenters. The summed E-state index contributed by atoms with van der Waals surface area (Å²) in [4.78, 5) is 8.37. The zero-order valence-electron chi connectivity index (χ0n) is 14.8. The molecule has 0 aliphatic heterocycles. The Labute approximate surface area is 149 Å². The van der Waals surface area contributed by atoms with E-state index in [0.717, 1.165) is 44.2 Å². The molecule has 2 aromatic rings. The first-order valence-electron chi connectivity index (χ1n) is 8.37. The highest BCUT2D eigenvalue weighted by Crippen LogP contribution is 2.13. The molecule has 0 radical (unpaired) electrons. The second-order valence-electron chi connectivity index (χ2n) is 5.59. The maximum absolute atomic E-state index is 5.27. The van der Waals surface area contributed by atoms with Crippen LogP contribution in [-0.4, -0.2) is 44.7 Å². The maximum Gasteiger partial charge on any atom is 0.193 e. The minimum absolute atomic E-state index is 0.763. The highest BCUT2D eigenvalue weighted by molar-refractivity contribution is 7.09. The van der Waals surface area contributed by atoms with E-state index in [2.05, 4.69) is 53.8 Å². The predicted octanol–water partition coefficient (Wildman–Crippen LogP) is 3.44. The molecule has 1 aromatic carbocycles. The standard InChI is InChI=1S/C19H27N3OS/c1-4-20-19(22(2)13-11-18-9-6-14-24-18)21-12-10-16-7-5-8-17(15-16)23-3/h5-9,14-15H,4,10-13H2,1-3H3,(H,20,21). The lowest BCUT2D eigenvalue weighted by Gasteiger charge is -2.21. The average Bonchev–Trinajstić information content (AvgIpc) is 3.12. The monoisotopic (exact) mass is 345 g/mol. The van der Waals surface area contributed by atoms with Gasteiger partial charge in [0, 0.05) is 31.6 Å². The fraction of sp³-hybridized carbons (Fsp3) is 0.421. The average molecular weight is 346 g/mol. The largest absolute Gasteiger partial charge is 0.497 e. The number of nitrogens with zero attached hydrogens (tertiary/aromatic N) is 2. The summed E-state index contributed by atoms with van der Waals surface area (Å²) in [6.45, 7) is 4.70. The van der Waals surface area contributed by atoms with Crippen molar-refractivity contribution in [1.82, 2.24) is 10.2 Å². The van der Waals surface area contributed by atoms with Crippen LogP contribution in [0.25, 0.3) is 0 Å². The van der Waals surface area contributed by atoms with Crippen molar-refractivity contribution >= 4 is 17.3 Å².